The lowest BCUT2D eigenvalue weighted by Crippen LogP contribution is -2.40. The van der Waals surface area contributed by atoms with Crippen molar-refractivity contribution in [3.63, 3.8) is 0 Å². The number of rotatable bonds is 2. The molecular formula is C15H19N3O. The van der Waals surface area contributed by atoms with Crippen LogP contribution in [0, 0.1) is 5.92 Å². The Labute approximate surface area is 112 Å². The van der Waals surface area contributed by atoms with E-state index >= 15 is 0 Å². The van der Waals surface area contributed by atoms with Crippen LogP contribution in [0.15, 0.2) is 36.5 Å². The van der Waals surface area contributed by atoms with Gasteiger partial charge in [-0.25, -0.2) is 0 Å². The molecule has 0 spiro atoms. The molecule has 2 heterocycles. The highest BCUT2D eigenvalue weighted by molar-refractivity contribution is 5.80. The van der Waals surface area contributed by atoms with Crippen LogP contribution in [0.2, 0.25) is 0 Å². The summed E-state index contributed by atoms with van der Waals surface area (Å²) in [7, 11) is 2.11. The van der Waals surface area contributed by atoms with Crippen molar-refractivity contribution < 1.29 is 4.79 Å². The van der Waals surface area contributed by atoms with E-state index < -0.39 is 0 Å². The largest absolute Gasteiger partial charge is 0.369 e. The second-order valence-electron chi connectivity index (χ2n) is 5.37. The molecule has 0 bridgehead atoms. The number of amides is 1. The third-order valence-electron chi connectivity index (χ3n) is 4.19. The monoisotopic (exact) mass is 257 g/mol. The molecule has 1 saturated heterocycles. The van der Waals surface area contributed by atoms with E-state index in [2.05, 4.69) is 40.9 Å². The number of hydrogen-bond donors (Lipinski definition) is 1. The molecule has 2 N–H and O–H groups in total. The van der Waals surface area contributed by atoms with Gasteiger partial charge in [0.1, 0.15) is 0 Å². The predicted octanol–water partition coefficient (Wildman–Crippen LogP) is 1.97. The maximum absolute atomic E-state index is 11.4. The topological polar surface area (TPSA) is 51.3 Å². The molecule has 2 aromatic rings. The Kier molecular flexibility index (Phi) is 3.03. The minimum Gasteiger partial charge on any atom is -0.369 e. The molecule has 4 nitrogen and oxygen atoms in total. The number of fused-ring (bicyclic) bond motifs is 1. The molecule has 1 aromatic carbocycles. The second-order valence-corrected chi connectivity index (χ2v) is 5.37. The van der Waals surface area contributed by atoms with Crippen molar-refractivity contribution in [1.82, 2.24) is 9.47 Å². The highest BCUT2D eigenvalue weighted by Crippen LogP contribution is 2.31. The molecule has 0 aliphatic carbocycles. The third-order valence-corrected chi connectivity index (χ3v) is 4.19. The van der Waals surface area contributed by atoms with E-state index in [4.69, 9.17) is 5.73 Å². The van der Waals surface area contributed by atoms with Crippen molar-refractivity contribution in [3.05, 3.63) is 36.5 Å². The van der Waals surface area contributed by atoms with Gasteiger partial charge in [0.05, 0.1) is 6.17 Å². The normalized spacial score (nSPS) is 24.7. The lowest BCUT2D eigenvalue weighted by atomic mass is 9.94. The van der Waals surface area contributed by atoms with Gasteiger partial charge < -0.3 is 10.3 Å². The van der Waals surface area contributed by atoms with Crippen LogP contribution in [0.3, 0.4) is 0 Å². The van der Waals surface area contributed by atoms with Gasteiger partial charge in [0.2, 0.25) is 5.91 Å². The molecular weight excluding hydrogens is 238 g/mol. The Balaban J connectivity index is 1.97. The van der Waals surface area contributed by atoms with Gasteiger partial charge in [-0.1, -0.05) is 18.2 Å². The van der Waals surface area contributed by atoms with E-state index in [1.54, 1.807) is 0 Å². The zero-order valence-electron chi connectivity index (χ0n) is 11.1. The summed E-state index contributed by atoms with van der Waals surface area (Å²) in [5, 5.41) is 1.23. The number of aromatic nitrogens is 1. The van der Waals surface area contributed by atoms with Crippen molar-refractivity contribution in [1.29, 1.82) is 0 Å². The lowest BCUT2D eigenvalue weighted by molar-refractivity contribution is -0.124. The molecule has 1 fully saturated rings. The van der Waals surface area contributed by atoms with Gasteiger partial charge in [0.25, 0.3) is 0 Å². The molecule has 2 atom stereocenters. The highest BCUT2D eigenvalue weighted by atomic mass is 16.1. The SMILES string of the molecule is CN1CCC(C(N)=O)CC1n1ccc2ccccc21. The van der Waals surface area contributed by atoms with Crippen LogP contribution >= 0.6 is 0 Å². The molecule has 1 aromatic heterocycles. The lowest BCUT2D eigenvalue weighted by Gasteiger charge is -2.37. The van der Waals surface area contributed by atoms with Crippen LogP contribution in [0.4, 0.5) is 0 Å². The van der Waals surface area contributed by atoms with Crippen LogP contribution in [0.1, 0.15) is 19.0 Å². The van der Waals surface area contributed by atoms with Crippen molar-refractivity contribution in [2.24, 2.45) is 11.7 Å². The summed E-state index contributed by atoms with van der Waals surface area (Å²) in [6, 6.07) is 10.4. The van der Waals surface area contributed by atoms with E-state index in [1.807, 2.05) is 12.1 Å². The minimum absolute atomic E-state index is 0.0117. The Morgan fingerprint density at radius 3 is 2.89 bits per heavy atom. The Morgan fingerprint density at radius 1 is 1.32 bits per heavy atom. The summed E-state index contributed by atoms with van der Waals surface area (Å²) < 4.78 is 2.25. The number of primary amides is 1. The van der Waals surface area contributed by atoms with Crippen LogP contribution in [0.25, 0.3) is 10.9 Å². The number of nitrogens with zero attached hydrogens (tertiary/aromatic N) is 2. The second kappa shape index (κ2) is 4.70. The van der Waals surface area contributed by atoms with Gasteiger partial charge in [0, 0.05) is 24.2 Å². The molecule has 0 radical (unpaired) electrons. The Bertz CT molecular complexity index is 604. The van der Waals surface area contributed by atoms with E-state index in [-0.39, 0.29) is 18.0 Å². The molecule has 1 amide bonds. The van der Waals surface area contributed by atoms with E-state index in [9.17, 15) is 4.79 Å². The molecule has 1 aliphatic heterocycles. The smallest absolute Gasteiger partial charge is 0.220 e. The third kappa shape index (κ3) is 2.12. The summed E-state index contributed by atoms with van der Waals surface area (Å²) in [5.74, 6) is -0.183. The number of carbonyl (C=O) groups is 1. The highest BCUT2D eigenvalue weighted by Gasteiger charge is 2.30. The molecule has 3 rings (SSSR count). The molecule has 19 heavy (non-hydrogen) atoms. The first-order valence-electron chi connectivity index (χ1n) is 6.72. The van der Waals surface area contributed by atoms with Crippen LogP contribution in [0.5, 0.6) is 0 Å². The van der Waals surface area contributed by atoms with Gasteiger partial charge in [-0.2, -0.15) is 0 Å². The summed E-state index contributed by atoms with van der Waals surface area (Å²) in [5.41, 5.74) is 6.69. The van der Waals surface area contributed by atoms with Gasteiger partial charge in [-0.05, 0) is 37.4 Å². The number of piperidine rings is 1. The van der Waals surface area contributed by atoms with Gasteiger partial charge >= 0.3 is 0 Å². The molecule has 0 saturated carbocycles. The van der Waals surface area contributed by atoms with Crippen molar-refractivity contribution in [3.8, 4) is 0 Å². The number of hydrogen-bond acceptors (Lipinski definition) is 2. The first-order chi connectivity index (χ1) is 9.16. The summed E-state index contributed by atoms with van der Waals surface area (Å²) in [6.07, 6.45) is 3.98. The maximum Gasteiger partial charge on any atom is 0.220 e. The molecule has 4 heteroatoms. The van der Waals surface area contributed by atoms with Crippen LogP contribution in [-0.4, -0.2) is 29.0 Å². The number of para-hydroxylation sites is 1. The zero-order chi connectivity index (χ0) is 13.4. The van der Waals surface area contributed by atoms with Gasteiger partial charge in [0.15, 0.2) is 0 Å². The standard InChI is InChI=1S/C15H19N3O/c1-17-8-6-12(15(16)19)10-14(17)18-9-7-11-4-2-3-5-13(11)18/h2-5,7,9,12,14H,6,8,10H2,1H3,(H2,16,19). The molecule has 100 valence electrons. The maximum atomic E-state index is 11.4. The fraction of sp³-hybridized carbons (Fsp3) is 0.400. The predicted molar refractivity (Wildman–Crippen MR) is 75.5 cm³/mol. The van der Waals surface area contributed by atoms with E-state index in [1.165, 1.54) is 10.9 Å². The number of nitrogens with two attached hydrogens (primary N) is 1. The summed E-state index contributed by atoms with van der Waals surface area (Å²) in [4.78, 5) is 13.7. The average Bonchev–Trinajstić information content (AvgIpc) is 2.83. The minimum atomic E-state index is -0.172. The fourth-order valence-corrected chi connectivity index (χ4v) is 3.01. The van der Waals surface area contributed by atoms with E-state index in [0.717, 1.165) is 19.4 Å². The Morgan fingerprint density at radius 2 is 2.11 bits per heavy atom. The summed E-state index contributed by atoms with van der Waals surface area (Å²) in [6.45, 7) is 0.908. The number of likely N-dealkylation sites (tertiary alicyclic amines) is 1. The van der Waals surface area contributed by atoms with E-state index in [0.29, 0.717) is 0 Å². The quantitative estimate of drug-likeness (QED) is 0.894. The van der Waals surface area contributed by atoms with Gasteiger partial charge in [-0.3, -0.25) is 9.69 Å². The summed E-state index contributed by atoms with van der Waals surface area (Å²) >= 11 is 0. The molecule has 1 aliphatic rings. The van der Waals surface area contributed by atoms with Crippen LogP contribution in [-0.2, 0) is 4.79 Å². The number of carbonyl (C=O) groups excluding carboxylic acids is 1. The van der Waals surface area contributed by atoms with Crippen molar-refractivity contribution >= 4 is 16.8 Å². The van der Waals surface area contributed by atoms with Crippen molar-refractivity contribution in [2.75, 3.05) is 13.6 Å². The fourth-order valence-electron chi connectivity index (χ4n) is 3.01. The first kappa shape index (κ1) is 12.2. The Hall–Kier alpha value is -1.81. The molecule has 2 unspecified atom stereocenters. The first-order valence-corrected chi connectivity index (χ1v) is 6.72. The number of benzene rings is 1. The zero-order valence-corrected chi connectivity index (χ0v) is 11.1. The average molecular weight is 257 g/mol. The van der Waals surface area contributed by atoms with Crippen LogP contribution < -0.4 is 5.73 Å². The van der Waals surface area contributed by atoms with Gasteiger partial charge in [-0.15, -0.1) is 0 Å². The van der Waals surface area contributed by atoms with Crippen molar-refractivity contribution in [2.45, 2.75) is 19.0 Å².